The lowest BCUT2D eigenvalue weighted by molar-refractivity contribution is 0.942. The van der Waals surface area contributed by atoms with Crippen molar-refractivity contribution in [2.24, 2.45) is 0 Å². The molecule has 0 unspecified atom stereocenters. The fourth-order valence-corrected chi connectivity index (χ4v) is 1.60. The summed E-state index contributed by atoms with van der Waals surface area (Å²) in [6.45, 7) is 5.45. The first kappa shape index (κ1) is 10.3. The number of nitrogens with two attached hydrogens (primary N) is 1. The molecule has 0 saturated heterocycles. The van der Waals surface area contributed by atoms with Crippen LogP contribution < -0.4 is 5.73 Å². The maximum absolute atomic E-state index is 5.61. The van der Waals surface area contributed by atoms with Crippen LogP contribution in [0.1, 0.15) is 5.69 Å². The molecule has 5 heteroatoms. The minimum Gasteiger partial charge on any atom is -0.384 e. The van der Waals surface area contributed by atoms with Gasteiger partial charge in [0.15, 0.2) is 5.16 Å². The van der Waals surface area contributed by atoms with Crippen LogP contribution in [-0.2, 0) is 0 Å². The highest BCUT2D eigenvalue weighted by atomic mass is 35.5. The van der Waals surface area contributed by atoms with Gasteiger partial charge in [-0.2, -0.15) is 0 Å². The largest absolute Gasteiger partial charge is 0.384 e. The number of nitrogen functional groups attached to an aromatic ring is 1. The highest BCUT2D eigenvalue weighted by molar-refractivity contribution is 7.99. The summed E-state index contributed by atoms with van der Waals surface area (Å²) in [6, 6.07) is 1.72. The van der Waals surface area contributed by atoms with Crippen molar-refractivity contribution in [1.82, 2.24) is 9.97 Å². The molecule has 0 aliphatic heterocycles. The molecule has 0 aromatic carbocycles. The smallest absolute Gasteiger partial charge is 0.190 e. The number of nitrogens with zero attached hydrogens (tertiary/aromatic N) is 2. The van der Waals surface area contributed by atoms with E-state index < -0.39 is 0 Å². The highest BCUT2D eigenvalue weighted by Gasteiger charge is 2.00. The molecule has 0 saturated carbocycles. The molecule has 0 spiro atoms. The van der Waals surface area contributed by atoms with E-state index in [2.05, 4.69) is 16.5 Å². The zero-order valence-corrected chi connectivity index (χ0v) is 8.82. The summed E-state index contributed by atoms with van der Waals surface area (Å²) < 4.78 is 0. The molecule has 3 nitrogen and oxygen atoms in total. The Morgan fingerprint density at radius 2 is 2.38 bits per heavy atom. The van der Waals surface area contributed by atoms with Crippen LogP contribution >= 0.6 is 23.4 Å². The van der Waals surface area contributed by atoms with E-state index in [1.54, 1.807) is 6.07 Å². The van der Waals surface area contributed by atoms with Crippen molar-refractivity contribution in [3.05, 3.63) is 23.4 Å². The third kappa shape index (κ3) is 3.65. The van der Waals surface area contributed by atoms with E-state index in [1.807, 2.05) is 6.92 Å². The van der Waals surface area contributed by atoms with Crippen LogP contribution in [0.3, 0.4) is 0 Å². The molecule has 0 atom stereocenters. The predicted octanol–water partition coefficient (Wildman–Crippen LogP) is 2.21. The van der Waals surface area contributed by atoms with Gasteiger partial charge in [0.1, 0.15) is 5.82 Å². The number of halogens is 1. The van der Waals surface area contributed by atoms with Crippen LogP contribution in [0.25, 0.3) is 0 Å². The first-order valence-corrected chi connectivity index (χ1v) is 5.01. The van der Waals surface area contributed by atoms with Gasteiger partial charge in [-0.3, -0.25) is 0 Å². The molecule has 0 aliphatic rings. The fourth-order valence-electron chi connectivity index (χ4n) is 0.772. The van der Waals surface area contributed by atoms with Crippen LogP contribution in [0.2, 0.25) is 0 Å². The molecular formula is C8H10ClN3S. The molecule has 1 aromatic heterocycles. The molecular weight excluding hydrogens is 206 g/mol. The molecule has 0 aliphatic carbocycles. The average Bonchev–Trinajstić information content (AvgIpc) is 1.99. The second-order valence-corrected chi connectivity index (χ2v) is 4.00. The van der Waals surface area contributed by atoms with Crippen molar-refractivity contribution in [2.45, 2.75) is 12.1 Å². The number of aryl methyl sites for hydroxylation is 1. The van der Waals surface area contributed by atoms with Crippen molar-refractivity contribution in [1.29, 1.82) is 0 Å². The summed E-state index contributed by atoms with van der Waals surface area (Å²) in [4.78, 5) is 8.21. The van der Waals surface area contributed by atoms with Gasteiger partial charge in [-0.05, 0) is 6.92 Å². The Labute approximate surface area is 86.4 Å². The van der Waals surface area contributed by atoms with Gasteiger partial charge in [-0.1, -0.05) is 29.9 Å². The Kier molecular flexibility index (Phi) is 3.57. The van der Waals surface area contributed by atoms with Crippen molar-refractivity contribution >= 4 is 29.2 Å². The third-order valence-corrected chi connectivity index (χ3v) is 2.44. The molecule has 13 heavy (non-hydrogen) atoms. The lowest BCUT2D eigenvalue weighted by Crippen LogP contribution is -1.96. The average molecular weight is 216 g/mol. The Morgan fingerprint density at radius 1 is 1.69 bits per heavy atom. The van der Waals surface area contributed by atoms with Gasteiger partial charge in [-0.15, -0.1) is 0 Å². The number of hydrogen-bond donors (Lipinski definition) is 1. The highest BCUT2D eigenvalue weighted by Crippen LogP contribution is 2.18. The number of rotatable bonds is 3. The topological polar surface area (TPSA) is 51.8 Å². The summed E-state index contributed by atoms with van der Waals surface area (Å²) >= 11 is 7.03. The van der Waals surface area contributed by atoms with Crippen molar-refractivity contribution in [3.63, 3.8) is 0 Å². The number of hydrogen-bond acceptors (Lipinski definition) is 4. The number of thioether (sulfide) groups is 1. The molecule has 2 N–H and O–H groups in total. The number of anilines is 1. The zero-order valence-electron chi connectivity index (χ0n) is 7.25. The van der Waals surface area contributed by atoms with Crippen LogP contribution in [0, 0.1) is 6.92 Å². The van der Waals surface area contributed by atoms with Crippen LogP contribution in [0.5, 0.6) is 0 Å². The lowest BCUT2D eigenvalue weighted by atomic mass is 10.4. The SMILES string of the molecule is C=C(Cl)CSc1nc(C)cc(N)n1. The van der Waals surface area contributed by atoms with E-state index in [-0.39, 0.29) is 0 Å². The number of aromatic nitrogens is 2. The Hall–Kier alpha value is -0.740. The molecule has 0 amide bonds. The van der Waals surface area contributed by atoms with Crippen LogP contribution in [0.15, 0.2) is 22.8 Å². The maximum Gasteiger partial charge on any atom is 0.190 e. The van der Waals surface area contributed by atoms with E-state index in [4.69, 9.17) is 17.3 Å². The lowest BCUT2D eigenvalue weighted by Gasteiger charge is -2.01. The van der Waals surface area contributed by atoms with E-state index in [1.165, 1.54) is 11.8 Å². The van der Waals surface area contributed by atoms with Gasteiger partial charge in [-0.25, -0.2) is 9.97 Å². The Morgan fingerprint density at radius 3 is 2.92 bits per heavy atom. The molecule has 0 fully saturated rings. The van der Waals surface area contributed by atoms with Gasteiger partial charge in [0.2, 0.25) is 0 Å². The molecule has 0 bridgehead atoms. The standard InChI is InChI=1S/C8H10ClN3S/c1-5(9)4-13-8-11-6(2)3-7(10)12-8/h3H,1,4H2,2H3,(H2,10,11,12). The van der Waals surface area contributed by atoms with Crippen molar-refractivity contribution in [2.75, 3.05) is 11.5 Å². The maximum atomic E-state index is 5.61. The second kappa shape index (κ2) is 4.48. The summed E-state index contributed by atoms with van der Waals surface area (Å²) in [5.74, 6) is 1.08. The predicted molar refractivity (Wildman–Crippen MR) is 56.9 cm³/mol. The van der Waals surface area contributed by atoms with Crippen molar-refractivity contribution < 1.29 is 0 Å². The first-order valence-electron chi connectivity index (χ1n) is 3.65. The van der Waals surface area contributed by atoms with E-state index in [0.29, 0.717) is 21.8 Å². The Bertz CT molecular complexity index is 307. The zero-order chi connectivity index (χ0) is 9.84. The van der Waals surface area contributed by atoms with E-state index >= 15 is 0 Å². The minimum atomic E-state index is 0.482. The fraction of sp³-hybridized carbons (Fsp3) is 0.250. The molecule has 0 radical (unpaired) electrons. The molecule has 1 aromatic rings. The minimum absolute atomic E-state index is 0.482. The van der Waals surface area contributed by atoms with E-state index in [0.717, 1.165) is 5.69 Å². The summed E-state index contributed by atoms with van der Waals surface area (Å²) in [7, 11) is 0. The quantitative estimate of drug-likeness (QED) is 0.621. The first-order chi connectivity index (χ1) is 6.08. The van der Waals surface area contributed by atoms with Gasteiger partial charge in [0.05, 0.1) is 0 Å². The Balaban J connectivity index is 2.71. The normalized spacial score (nSPS) is 10.0. The van der Waals surface area contributed by atoms with Crippen LogP contribution in [-0.4, -0.2) is 15.7 Å². The van der Waals surface area contributed by atoms with Gasteiger partial charge in [0, 0.05) is 22.5 Å². The van der Waals surface area contributed by atoms with Crippen LogP contribution in [0.4, 0.5) is 5.82 Å². The van der Waals surface area contributed by atoms with Crippen molar-refractivity contribution in [3.8, 4) is 0 Å². The summed E-state index contributed by atoms with van der Waals surface area (Å²) in [5, 5.41) is 1.22. The van der Waals surface area contributed by atoms with Gasteiger partial charge in [0.25, 0.3) is 0 Å². The molecule has 70 valence electrons. The van der Waals surface area contributed by atoms with Gasteiger partial charge >= 0.3 is 0 Å². The van der Waals surface area contributed by atoms with E-state index in [9.17, 15) is 0 Å². The summed E-state index contributed by atoms with van der Waals surface area (Å²) in [6.07, 6.45) is 0. The van der Waals surface area contributed by atoms with Gasteiger partial charge < -0.3 is 5.73 Å². The monoisotopic (exact) mass is 215 g/mol. The summed E-state index contributed by atoms with van der Waals surface area (Å²) in [5.41, 5.74) is 6.40. The molecule has 1 heterocycles. The second-order valence-electron chi connectivity index (χ2n) is 2.52. The molecule has 1 rings (SSSR count). The third-order valence-electron chi connectivity index (χ3n) is 1.21.